The van der Waals surface area contributed by atoms with Gasteiger partial charge in [0.2, 0.25) is 0 Å². The third-order valence-corrected chi connectivity index (χ3v) is 4.42. The topological polar surface area (TPSA) is 88.6 Å². The second-order valence-corrected chi connectivity index (χ2v) is 6.17. The maximum Gasteiger partial charge on any atom is 0.410 e. The number of benzene rings is 2. The van der Waals surface area contributed by atoms with Gasteiger partial charge in [-0.05, 0) is 30.5 Å². The van der Waals surface area contributed by atoms with Crippen LogP contribution in [0.15, 0.2) is 48.5 Å². The predicted molar refractivity (Wildman–Crippen MR) is 97.4 cm³/mol. The van der Waals surface area contributed by atoms with Gasteiger partial charge in [0.1, 0.15) is 30.6 Å². The van der Waals surface area contributed by atoms with Gasteiger partial charge in [-0.3, -0.25) is 0 Å². The standard InChI is InChI=1S/C20H21N3O3/c21-12-17-18(22)9-4-10-19(17)25-14-16-8-5-11-23(16)20(24)26-13-15-6-2-1-3-7-15/h1-4,6-7,9-10,16H,5,8,11,13-14,22H2/t16-/m1/s1. The molecule has 0 radical (unpaired) electrons. The Morgan fingerprint density at radius 2 is 2.04 bits per heavy atom. The number of carbonyl (C=O) groups is 1. The van der Waals surface area contributed by atoms with Crippen molar-refractivity contribution < 1.29 is 14.3 Å². The van der Waals surface area contributed by atoms with Crippen LogP contribution in [-0.2, 0) is 11.3 Å². The largest absolute Gasteiger partial charge is 0.490 e. The van der Waals surface area contributed by atoms with Gasteiger partial charge < -0.3 is 20.1 Å². The van der Waals surface area contributed by atoms with Crippen LogP contribution in [-0.4, -0.2) is 30.2 Å². The van der Waals surface area contributed by atoms with E-state index in [9.17, 15) is 10.1 Å². The highest BCUT2D eigenvalue weighted by Gasteiger charge is 2.30. The summed E-state index contributed by atoms with van der Waals surface area (Å²) in [4.78, 5) is 14.1. The Kier molecular flexibility index (Phi) is 5.59. The van der Waals surface area contributed by atoms with E-state index in [1.54, 1.807) is 23.1 Å². The van der Waals surface area contributed by atoms with Gasteiger partial charge in [0.15, 0.2) is 0 Å². The molecule has 6 nitrogen and oxygen atoms in total. The third kappa shape index (κ3) is 4.06. The maximum absolute atomic E-state index is 12.4. The number of rotatable bonds is 5. The zero-order valence-corrected chi connectivity index (χ0v) is 14.4. The van der Waals surface area contributed by atoms with Crippen molar-refractivity contribution in [3.05, 3.63) is 59.7 Å². The van der Waals surface area contributed by atoms with E-state index in [4.69, 9.17) is 15.2 Å². The molecule has 2 N–H and O–H groups in total. The molecule has 2 aromatic carbocycles. The number of nitrogen functional groups attached to an aromatic ring is 1. The Hall–Kier alpha value is -3.20. The predicted octanol–water partition coefficient (Wildman–Crippen LogP) is 3.32. The number of nitrogens with zero attached hydrogens (tertiary/aromatic N) is 2. The molecule has 6 heteroatoms. The van der Waals surface area contributed by atoms with Crippen molar-refractivity contribution in [2.45, 2.75) is 25.5 Å². The Balaban J connectivity index is 1.57. The van der Waals surface area contributed by atoms with E-state index < -0.39 is 0 Å². The smallest absolute Gasteiger partial charge is 0.410 e. The minimum absolute atomic E-state index is 0.0775. The number of hydrogen-bond donors (Lipinski definition) is 1. The molecule has 1 fully saturated rings. The molecule has 1 aliphatic rings. The summed E-state index contributed by atoms with van der Waals surface area (Å²) in [7, 11) is 0. The molecule has 0 saturated carbocycles. The SMILES string of the molecule is N#Cc1c(N)cccc1OC[C@H]1CCCN1C(=O)OCc1ccccc1. The van der Waals surface area contributed by atoms with E-state index in [-0.39, 0.29) is 18.7 Å². The lowest BCUT2D eigenvalue weighted by Crippen LogP contribution is -2.39. The van der Waals surface area contributed by atoms with E-state index in [2.05, 4.69) is 6.07 Å². The van der Waals surface area contributed by atoms with E-state index in [1.165, 1.54) is 0 Å². The Morgan fingerprint density at radius 3 is 2.81 bits per heavy atom. The van der Waals surface area contributed by atoms with Crippen LogP contribution in [0.4, 0.5) is 10.5 Å². The zero-order chi connectivity index (χ0) is 18.4. The van der Waals surface area contributed by atoms with Gasteiger partial charge in [0, 0.05) is 6.54 Å². The van der Waals surface area contributed by atoms with Crippen LogP contribution in [0, 0.1) is 11.3 Å². The summed E-state index contributed by atoms with van der Waals surface area (Å²) in [5.41, 5.74) is 7.46. The number of nitriles is 1. The highest BCUT2D eigenvalue weighted by molar-refractivity contribution is 5.68. The average molecular weight is 351 g/mol. The fourth-order valence-electron chi connectivity index (χ4n) is 3.03. The van der Waals surface area contributed by atoms with Crippen LogP contribution >= 0.6 is 0 Å². The highest BCUT2D eigenvalue weighted by Crippen LogP contribution is 2.25. The first-order valence-electron chi connectivity index (χ1n) is 8.57. The summed E-state index contributed by atoms with van der Waals surface area (Å²) in [6.07, 6.45) is 1.40. The van der Waals surface area contributed by atoms with Crippen molar-refractivity contribution in [1.29, 1.82) is 5.26 Å². The van der Waals surface area contributed by atoms with Crippen LogP contribution in [0.1, 0.15) is 24.0 Å². The molecule has 0 unspecified atom stereocenters. The molecular formula is C20H21N3O3. The fourth-order valence-corrected chi connectivity index (χ4v) is 3.03. The minimum atomic E-state index is -0.340. The quantitative estimate of drug-likeness (QED) is 0.835. The molecule has 26 heavy (non-hydrogen) atoms. The van der Waals surface area contributed by atoms with Crippen molar-refractivity contribution in [3.63, 3.8) is 0 Å². The van der Waals surface area contributed by atoms with Crippen LogP contribution < -0.4 is 10.5 Å². The molecule has 0 bridgehead atoms. The van der Waals surface area contributed by atoms with Gasteiger partial charge in [-0.2, -0.15) is 5.26 Å². The maximum atomic E-state index is 12.4. The number of nitrogens with two attached hydrogens (primary N) is 1. The number of amides is 1. The Labute approximate surface area is 152 Å². The second kappa shape index (κ2) is 8.26. The van der Waals surface area contributed by atoms with Crippen LogP contribution in [0.3, 0.4) is 0 Å². The first-order valence-corrected chi connectivity index (χ1v) is 8.57. The first kappa shape index (κ1) is 17.6. The highest BCUT2D eigenvalue weighted by atomic mass is 16.6. The summed E-state index contributed by atoms with van der Waals surface area (Å²) >= 11 is 0. The van der Waals surface area contributed by atoms with Gasteiger partial charge in [0.05, 0.1) is 11.7 Å². The third-order valence-electron chi connectivity index (χ3n) is 4.42. The number of hydrogen-bond acceptors (Lipinski definition) is 5. The molecule has 134 valence electrons. The second-order valence-electron chi connectivity index (χ2n) is 6.17. The monoisotopic (exact) mass is 351 g/mol. The molecule has 1 aliphatic heterocycles. The summed E-state index contributed by atoms with van der Waals surface area (Å²) in [6.45, 7) is 1.19. The lowest BCUT2D eigenvalue weighted by Gasteiger charge is -2.24. The van der Waals surface area contributed by atoms with Gasteiger partial charge in [-0.1, -0.05) is 36.4 Å². The normalized spacial score (nSPS) is 16.1. The van der Waals surface area contributed by atoms with Crippen molar-refractivity contribution >= 4 is 11.8 Å². The molecule has 0 aromatic heterocycles. The Bertz CT molecular complexity index is 802. The lowest BCUT2D eigenvalue weighted by molar-refractivity contribution is 0.0823. The Morgan fingerprint density at radius 1 is 1.23 bits per heavy atom. The van der Waals surface area contributed by atoms with Gasteiger partial charge in [-0.25, -0.2) is 4.79 Å². The first-order chi connectivity index (χ1) is 12.7. The van der Waals surface area contributed by atoms with Gasteiger partial charge in [-0.15, -0.1) is 0 Å². The van der Waals surface area contributed by atoms with Crippen LogP contribution in [0.2, 0.25) is 0 Å². The zero-order valence-electron chi connectivity index (χ0n) is 14.4. The fraction of sp³-hybridized carbons (Fsp3) is 0.300. The summed E-state index contributed by atoms with van der Waals surface area (Å²) < 4.78 is 11.2. The molecule has 0 aliphatic carbocycles. The molecule has 2 aromatic rings. The van der Waals surface area contributed by atoms with E-state index in [0.717, 1.165) is 18.4 Å². The van der Waals surface area contributed by atoms with Crippen molar-refractivity contribution in [3.8, 4) is 11.8 Å². The van der Waals surface area contributed by atoms with E-state index in [1.807, 2.05) is 30.3 Å². The molecule has 1 saturated heterocycles. The van der Waals surface area contributed by atoms with Crippen LogP contribution in [0.5, 0.6) is 5.75 Å². The summed E-state index contributed by atoms with van der Waals surface area (Å²) in [5, 5.41) is 9.22. The van der Waals surface area contributed by atoms with Gasteiger partial charge >= 0.3 is 6.09 Å². The number of carbonyl (C=O) groups excluding carboxylic acids is 1. The molecule has 1 amide bonds. The van der Waals surface area contributed by atoms with E-state index in [0.29, 0.717) is 30.2 Å². The van der Waals surface area contributed by atoms with Crippen molar-refractivity contribution in [1.82, 2.24) is 4.90 Å². The van der Waals surface area contributed by atoms with Crippen molar-refractivity contribution in [2.75, 3.05) is 18.9 Å². The molecular weight excluding hydrogens is 330 g/mol. The molecule has 1 heterocycles. The number of ether oxygens (including phenoxy) is 2. The lowest BCUT2D eigenvalue weighted by atomic mass is 10.2. The summed E-state index contributed by atoms with van der Waals surface area (Å²) in [5.74, 6) is 0.442. The number of likely N-dealkylation sites (tertiary alicyclic amines) is 1. The number of anilines is 1. The summed E-state index contributed by atoms with van der Waals surface area (Å²) in [6, 6.07) is 16.7. The van der Waals surface area contributed by atoms with Crippen molar-refractivity contribution in [2.24, 2.45) is 0 Å². The minimum Gasteiger partial charge on any atom is -0.490 e. The van der Waals surface area contributed by atoms with Gasteiger partial charge in [0.25, 0.3) is 0 Å². The molecule has 0 spiro atoms. The average Bonchev–Trinajstić information content (AvgIpc) is 3.14. The molecule has 3 rings (SSSR count). The molecule has 1 atom stereocenters. The van der Waals surface area contributed by atoms with Crippen LogP contribution in [0.25, 0.3) is 0 Å². The van der Waals surface area contributed by atoms with E-state index >= 15 is 0 Å².